The average Bonchev–Trinajstić information content (AvgIpc) is 2.90. The van der Waals surface area contributed by atoms with Crippen molar-refractivity contribution in [3.8, 4) is 0 Å². The Morgan fingerprint density at radius 3 is 2.79 bits per heavy atom. The maximum atomic E-state index is 5.68. The second kappa shape index (κ2) is 4.31. The van der Waals surface area contributed by atoms with E-state index in [0.717, 1.165) is 17.0 Å². The summed E-state index contributed by atoms with van der Waals surface area (Å²) in [5, 5.41) is 3.04. The molecule has 0 amide bonds. The number of fused-ring (bicyclic) bond motifs is 1. The van der Waals surface area contributed by atoms with Crippen LogP contribution in [0.4, 0.5) is 11.7 Å². The number of hydrogen-bond acceptors (Lipinski definition) is 6. The first-order valence-corrected chi connectivity index (χ1v) is 5.94. The zero-order valence-corrected chi connectivity index (χ0v) is 10.7. The smallest absolute Gasteiger partial charge is 0.296 e. The van der Waals surface area contributed by atoms with Crippen LogP contribution >= 0.6 is 0 Å². The molecule has 2 heterocycles. The van der Waals surface area contributed by atoms with Gasteiger partial charge in [0.25, 0.3) is 6.01 Å². The van der Waals surface area contributed by atoms with Crippen molar-refractivity contribution in [2.24, 2.45) is 0 Å². The number of benzene rings is 1. The molecule has 0 fully saturated rings. The Morgan fingerprint density at radius 2 is 2.05 bits per heavy atom. The predicted octanol–water partition coefficient (Wildman–Crippen LogP) is 2.63. The van der Waals surface area contributed by atoms with Crippen LogP contribution in [0.2, 0.25) is 0 Å². The Morgan fingerprint density at radius 1 is 1.21 bits per heavy atom. The van der Waals surface area contributed by atoms with Crippen LogP contribution in [-0.2, 0) is 6.54 Å². The molecule has 0 saturated heterocycles. The number of nitrogens with two attached hydrogens (primary N) is 1. The summed E-state index contributed by atoms with van der Waals surface area (Å²) in [7, 11) is 0. The summed E-state index contributed by atoms with van der Waals surface area (Å²) in [5.74, 6) is 1.43. The fraction of sp³-hybridized carbons (Fsp3) is 0.231. The third kappa shape index (κ3) is 2.24. The monoisotopic (exact) mass is 258 g/mol. The van der Waals surface area contributed by atoms with Gasteiger partial charge in [-0.15, -0.1) is 0 Å². The molecule has 3 rings (SSSR count). The SMILES string of the molecule is Cc1nc(CNc2nc3ccc(N)cc3o2)oc1C. The first kappa shape index (κ1) is 11.6. The van der Waals surface area contributed by atoms with E-state index in [-0.39, 0.29) is 0 Å². The van der Waals surface area contributed by atoms with Gasteiger partial charge >= 0.3 is 0 Å². The first-order valence-electron chi connectivity index (χ1n) is 5.94. The fourth-order valence-corrected chi connectivity index (χ4v) is 1.78. The number of anilines is 2. The van der Waals surface area contributed by atoms with Crippen molar-refractivity contribution in [3.05, 3.63) is 35.5 Å². The van der Waals surface area contributed by atoms with Crippen molar-refractivity contribution >= 4 is 22.8 Å². The predicted molar refractivity (Wildman–Crippen MR) is 71.7 cm³/mol. The van der Waals surface area contributed by atoms with Crippen molar-refractivity contribution in [2.75, 3.05) is 11.1 Å². The molecule has 6 nitrogen and oxygen atoms in total. The van der Waals surface area contributed by atoms with E-state index in [2.05, 4.69) is 15.3 Å². The quantitative estimate of drug-likeness (QED) is 0.702. The van der Waals surface area contributed by atoms with E-state index in [9.17, 15) is 0 Å². The summed E-state index contributed by atoms with van der Waals surface area (Å²) < 4.78 is 11.0. The van der Waals surface area contributed by atoms with E-state index in [0.29, 0.717) is 29.7 Å². The molecule has 6 heteroatoms. The van der Waals surface area contributed by atoms with E-state index in [1.807, 2.05) is 19.9 Å². The van der Waals surface area contributed by atoms with Crippen LogP contribution in [0, 0.1) is 13.8 Å². The number of nitrogens with zero attached hydrogens (tertiary/aromatic N) is 2. The van der Waals surface area contributed by atoms with Gasteiger partial charge in [-0.3, -0.25) is 0 Å². The molecular formula is C13H14N4O2. The van der Waals surface area contributed by atoms with Crippen molar-refractivity contribution < 1.29 is 8.83 Å². The van der Waals surface area contributed by atoms with Crippen LogP contribution in [0.25, 0.3) is 11.1 Å². The number of aromatic nitrogens is 2. The molecule has 0 atom stereocenters. The molecule has 3 aromatic rings. The van der Waals surface area contributed by atoms with Gasteiger partial charge < -0.3 is 19.9 Å². The van der Waals surface area contributed by atoms with Gasteiger partial charge in [-0.25, -0.2) is 4.98 Å². The van der Waals surface area contributed by atoms with Gasteiger partial charge in [-0.05, 0) is 26.0 Å². The van der Waals surface area contributed by atoms with Crippen LogP contribution in [0.3, 0.4) is 0 Å². The van der Waals surface area contributed by atoms with E-state index >= 15 is 0 Å². The minimum absolute atomic E-state index is 0.425. The molecule has 1 aromatic carbocycles. The lowest BCUT2D eigenvalue weighted by Crippen LogP contribution is -1.99. The summed E-state index contributed by atoms with van der Waals surface area (Å²) >= 11 is 0. The Bertz CT molecular complexity index is 710. The van der Waals surface area contributed by atoms with Crippen molar-refractivity contribution in [1.82, 2.24) is 9.97 Å². The maximum Gasteiger partial charge on any atom is 0.296 e. The summed E-state index contributed by atoms with van der Waals surface area (Å²) in [6.45, 7) is 4.22. The number of nitrogens with one attached hydrogen (secondary N) is 1. The number of hydrogen-bond donors (Lipinski definition) is 2. The lowest BCUT2D eigenvalue weighted by molar-refractivity contribution is 0.475. The van der Waals surface area contributed by atoms with Crippen LogP contribution in [0.1, 0.15) is 17.3 Å². The van der Waals surface area contributed by atoms with Gasteiger partial charge in [0.05, 0.1) is 12.2 Å². The van der Waals surface area contributed by atoms with E-state index in [4.69, 9.17) is 14.6 Å². The van der Waals surface area contributed by atoms with Gasteiger partial charge in [0.2, 0.25) is 5.89 Å². The minimum Gasteiger partial charge on any atom is -0.444 e. The Kier molecular flexibility index (Phi) is 2.63. The van der Waals surface area contributed by atoms with Crippen LogP contribution in [0.5, 0.6) is 0 Å². The van der Waals surface area contributed by atoms with E-state index in [1.165, 1.54) is 0 Å². The summed E-state index contributed by atoms with van der Waals surface area (Å²) in [4.78, 5) is 8.57. The molecule has 0 radical (unpaired) electrons. The normalized spacial score (nSPS) is 11.1. The van der Waals surface area contributed by atoms with Crippen molar-refractivity contribution in [2.45, 2.75) is 20.4 Å². The van der Waals surface area contributed by atoms with Gasteiger partial charge in [-0.1, -0.05) is 0 Å². The van der Waals surface area contributed by atoms with Crippen LogP contribution < -0.4 is 11.1 Å². The topological polar surface area (TPSA) is 90.1 Å². The highest BCUT2D eigenvalue weighted by Crippen LogP contribution is 2.21. The van der Waals surface area contributed by atoms with Crippen molar-refractivity contribution in [3.63, 3.8) is 0 Å². The standard InChI is InChI=1S/C13H14N4O2/c1-7-8(2)18-12(16-7)6-15-13-17-10-4-3-9(14)5-11(10)19-13/h3-5H,6,14H2,1-2H3,(H,15,17). The highest BCUT2D eigenvalue weighted by molar-refractivity contribution is 5.78. The van der Waals surface area contributed by atoms with Crippen molar-refractivity contribution in [1.29, 1.82) is 0 Å². The van der Waals surface area contributed by atoms with E-state index < -0.39 is 0 Å². The highest BCUT2D eigenvalue weighted by atomic mass is 16.4. The number of nitrogen functional groups attached to an aromatic ring is 1. The number of aryl methyl sites for hydroxylation is 2. The van der Waals surface area contributed by atoms with E-state index in [1.54, 1.807) is 12.1 Å². The summed E-state index contributed by atoms with van der Waals surface area (Å²) in [6, 6.07) is 5.77. The molecule has 0 unspecified atom stereocenters. The molecular weight excluding hydrogens is 244 g/mol. The first-order chi connectivity index (χ1) is 9.11. The van der Waals surface area contributed by atoms with Crippen LogP contribution in [0.15, 0.2) is 27.0 Å². The molecule has 98 valence electrons. The summed E-state index contributed by atoms with van der Waals surface area (Å²) in [5.41, 5.74) is 8.64. The zero-order valence-electron chi connectivity index (χ0n) is 10.7. The average molecular weight is 258 g/mol. The molecule has 0 aliphatic rings. The van der Waals surface area contributed by atoms with Gasteiger partial charge in [0.15, 0.2) is 5.58 Å². The fourth-order valence-electron chi connectivity index (χ4n) is 1.78. The zero-order chi connectivity index (χ0) is 13.4. The molecule has 19 heavy (non-hydrogen) atoms. The summed E-state index contributed by atoms with van der Waals surface area (Å²) in [6.07, 6.45) is 0. The Hall–Kier alpha value is -2.50. The lowest BCUT2D eigenvalue weighted by Gasteiger charge is -1.95. The number of rotatable bonds is 3. The van der Waals surface area contributed by atoms with Crippen LogP contribution in [-0.4, -0.2) is 9.97 Å². The third-order valence-electron chi connectivity index (χ3n) is 2.88. The molecule has 0 bridgehead atoms. The third-order valence-corrected chi connectivity index (χ3v) is 2.88. The van der Waals surface area contributed by atoms with Gasteiger partial charge in [-0.2, -0.15) is 4.98 Å². The second-order valence-electron chi connectivity index (χ2n) is 4.35. The number of oxazole rings is 2. The minimum atomic E-state index is 0.425. The lowest BCUT2D eigenvalue weighted by atomic mass is 10.3. The second-order valence-corrected chi connectivity index (χ2v) is 4.35. The molecule has 3 N–H and O–H groups in total. The molecule has 0 aliphatic carbocycles. The van der Waals surface area contributed by atoms with Gasteiger partial charge in [0, 0.05) is 11.8 Å². The molecule has 2 aromatic heterocycles. The maximum absolute atomic E-state index is 5.68. The molecule has 0 aliphatic heterocycles. The molecule has 0 saturated carbocycles. The Labute approximate surface area is 109 Å². The largest absolute Gasteiger partial charge is 0.444 e. The Balaban J connectivity index is 1.78. The van der Waals surface area contributed by atoms with Gasteiger partial charge in [0.1, 0.15) is 11.3 Å². The molecule has 0 spiro atoms. The highest BCUT2D eigenvalue weighted by Gasteiger charge is 2.08.